The van der Waals surface area contributed by atoms with Crippen LogP contribution in [0.15, 0.2) is 16.7 Å². The Bertz CT molecular complexity index is 425. The SMILES string of the molecule is Cc1nc2sccn2c1/C=N/N. The third-order valence-corrected chi connectivity index (χ3v) is 2.44. The minimum atomic E-state index is 0.953. The van der Waals surface area contributed by atoms with E-state index in [1.165, 1.54) is 0 Å². The molecule has 2 aromatic rings. The van der Waals surface area contributed by atoms with Gasteiger partial charge >= 0.3 is 0 Å². The molecule has 0 atom stereocenters. The zero-order valence-electron chi connectivity index (χ0n) is 6.56. The maximum atomic E-state index is 5.08. The molecule has 2 heterocycles. The summed E-state index contributed by atoms with van der Waals surface area (Å²) < 4.78 is 1.97. The molecule has 0 spiro atoms. The second-order valence-electron chi connectivity index (χ2n) is 2.42. The maximum Gasteiger partial charge on any atom is 0.194 e. The predicted molar refractivity (Wildman–Crippen MR) is 49.6 cm³/mol. The lowest BCUT2D eigenvalue weighted by atomic mass is 10.4. The fourth-order valence-electron chi connectivity index (χ4n) is 1.14. The zero-order valence-corrected chi connectivity index (χ0v) is 7.38. The smallest absolute Gasteiger partial charge is 0.194 e. The molecule has 0 saturated heterocycles. The summed E-state index contributed by atoms with van der Waals surface area (Å²) in [7, 11) is 0. The van der Waals surface area contributed by atoms with Crippen LogP contribution in [-0.2, 0) is 0 Å². The average molecular weight is 180 g/mol. The van der Waals surface area contributed by atoms with Crippen molar-refractivity contribution in [1.29, 1.82) is 0 Å². The summed E-state index contributed by atoms with van der Waals surface area (Å²) in [4.78, 5) is 5.30. The van der Waals surface area contributed by atoms with E-state index in [9.17, 15) is 0 Å². The van der Waals surface area contributed by atoms with Crippen molar-refractivity contribution in [3.63, 3.8) is 0 Å². The van der Waals surface area contributed by atoms with E-state index in [4.69, 9.17) is 5.84 Å². The summed E-state index contributed by atoms with van der Waals surface area (Å²) >= 11 is 1.60. The first kappa shape index (κ1) is 7.30. The first-order valence-electron chi connectivity index (χ1n) is 3.48. The van der Waals surface area contributed by atoms with Crippen LogP contribution in [0, 0.1) is 6.92 Å². The molecule has 62 valence electrons. The Hall–Kier alpha value is -1.36. The number of nitrogens with two attached hydrogens (primary N) is 1. The minimum absolute atomic E-state index is 0.953. The number of fused-ring (bicyclic) bond motifs is 1. The molecule has 2 rings (SSSR count). The van der Waals surface area contributed by atoms with E-state index in [2.05, 4.69) is 10.1 Å². The van der Waals surface area contributed by atoms with Crippen molar-refractivity contribution in [2.45, 2.75) is 6.92 Å². The van der Waals surface area contributed by atoms with Crippen LogP contribution in [-0.4, -0.2) is 15.6 Å². The molecule has 12 heavy (non-hydrogen) atoms. The summed E-state index contributed by atoms with van der Waals surface area (Å²) in [6.07, 6.45) is 3.57. The fraction of sp³-hybridized carbons (Fsp3) is 0.143. The van der Waals surface area contributed by atoms with Crippen molar-refractivity contribution in [1.82, 2.24) is 9.38 Å². The average Bonchev–Trinajstić information content (AvgIpc) is 2.56. The van der Waals surface area contributed by atoms with E-state index in [-0.39, 0.29) is 0 Å². The number of hydrogen-bond donors (Lipinski definition) is 1. The third-order valence-electron chi connectivity index (χ3n) is 1.68. The Morgan fingerprint density at radius 3 is 3.33 bits per heavy atom. The molecule has 0 aliphatic heterocycles. The Morgan fingerprint density at radius 2 is 2.58 bits per heavy atom. The predicted octanol–water partition coefficient (Wildman–Crippen LogP) is 0.997. The zero-order chi connectivity index (χ0) is 8.55. The lowest BCUT2D eigenvalue weighted by molar-refractivity contribution is 1.18. The van der Waals surface area contributed by atoms with E-state index in [1.807, 2.05) is 22.9 Å². The van der Waals surface area contributed by atoms with Gasteiger partial charge in [0.25, 0.3) is 0 Å². The second kappa shape index (κ2) is 2.60. The molecule has 0 bridgehead atoms. The fourth-order valence-corrected chi connectivity index (χ4v) is 1.90. The number of nitrogens with zero attached hydrogens (tertiary/aromatic N) is 3. The molecule has 0 aliphatic rings. The third kappa shape index (κ3) is 0.902. The largest absolute Gasteiger partial charge is 0.323 e. The highest BCUT2D eigenvalue weighted by atomic mass is 32.1. The van der Waals surface area contributed by atoms with Crippen LogP contribution < -0.4 is 5.84 Å². The molecule has 0 amide bonds. The Kier molecular flexibility index (Phi) is 1.58. The van der Waals surface area contributed by atoms with Gasteiger partial charge in [0.1, 0.15) is 0 Å². The monoisotopic (exact) mass is 180 g/mol. The Morgan fingerprint density at radius 1 is 1.75 bits per heavy atom. The number of imidazole rings is 1. The van der Waals surface area contributed by atoms with Gasteiger partial charge in [-0.2, -0.15) is 5.10 Å². The van der Waals surface area contributed by atoms with Crippen LogP contribution in [0.4, 0.5) is 0 Å². The normalized spacial score (nSPS) is 11.8. The van der Waals surface area contributed by atoms with Crippen molar-refractivity contribution < 1.29 is 0 Å². The number of aromatic nitrogens is 2. The van der Waals surface area contributed by atoms with Gasteiger partial charge in [0.15, 0.2) is 4.96 Å². The standard InChI is InChI=1S/C7H8N4S/c1-5-6(4-9-8)11-2-3-12-7(11)10-5/h2-4H,8H2,1H3/b9-4+. The van der Waals surface area contributed by atoms with E-state index < -0.39 is 0 Å². The number of rotatable bonds is 1. The summed E-state index contributed by atoms with van der Waals surface area (Å²) in [6, 6.07) is 0. The van der Waals surface area contributed by atoms with Crippen LogP contribution in [0.25, 0.3) is 4.96 Å². The highest BCUT2D eigenvalue weighted by Crippen LogP contribution is 2.14. The van der Waals surface area contributed by atoms with Gasteiger partial charge in [-0.3, -0.25) is 4.40 Å². The second-order valence-corrected chi connectivity index (χ2v) is 3.29. The van der Waals surface area contributed by atoms with E-state index in [0.717, 1.165) is 16.3 Å². The number of hydrazone groups is 1. The van der Waals surface area contributed by atoms with Crippen molar-refractivity contribution in [2.24, 2.45) is 10.9 Å². The summed E-state index contributed by atoms with van der Waals surface area (Å²) in [5, 5.41) is 5.47. The van der Waals surface area contributed by atoms with E-state index in [0.29, 0.717) is 0 Å². The molecular weight excluding hydrogens is 172 g/mol. The molecule has 0 aliphatic carbocycles. The van der Waals surface area contributed by atoms with Crippen LogP contribution in [0.3, 0.4) is 0 Å². The lowest BCUT2D eigenvalue weighted by Gasteiger charge is -1.88. The van der Waals surface area contributed by atoms with Gasteiger partial charge in [0.2, 0.25) is 0 Å². The molecule has 0 radical (unpaired) electrons. The van der Waals surface area contributed by atoms with E-state index >= 15 is 0 Å². The first-order valence-corrected chi connectivity index (χ1v) is 4.36. The van der Waals surface area contributed by atoms with Gasteiger partial charge in [0.05, 0.1) is 17.6 Å². The topological polar surface area (TPSA) is 55.7 Å². The van der Waals surface area contributed by atoms with Crippen molar-refractivity contribution in [3.05, 3.63) is 23.0 Å². The van der Waals surface area contributed by atoms with E-state index in [1.54, 1.807) is 17.6 Å². The molecule has 2 aromatic heterocycles. The van der Waals surface area contributed by atoms with Gasteiger partial charge in [-0.15, -0.1) is 11.3 Å². The summed E-state index contributed by atoms with van der Waals surface area (Å²) in [6.45, 7) is 1.94. The van der Waals surface area contributed by atoms with Gasteiger partial charge in [-0.25, -0.2) is 4.98 Å². The Labute approximate surface area is 73.3 Å². The molecular formula is C7H8N4S. The van der Waals surface area contributed by atoms with Gasteiger partial charge in [0, 0.05) is 11.6 Å². The van der Waals surface area contributed by atoms with Crippen LogP contribution >= 0.6 is 11.3 Å². The number of hydrogen-bond acceptors (Lipinski definition) is 4. The molecule has 5 heteroatoms. The van der Waals surface area contributed by atoms with Crippen molar-refractivity contribution in [2.75, 3.05) is 0 Å². The summed E-state index contributed by atoms with van der Waals surface area (Å²) in [5.74, 6) is 5.08. The van der Waals surface area contributed by atoms with Crippen molar-refractivity contribution in [3.8, 4) is 0 Å². The minimum Gasteiger partial charge on any atom is -0.323 e. The lowest BCUT2D eigenvalue weighted by Crippen LogP contribution is -1.92. The van der Waals surface area contributed by atoms with Gasteiger partial charge in [-0.05, 0) is 6.92 Å². The maximum absolute atomic E-state index is 5.08. The Balaban J connectivity index is 2.75. The highest BCUT2D eigenvalue weighted by molar-refractivity contribution is 7.15. The number of aryl methyl sites for hydroxylation is 1. The molecule has 0 unspecified atom stereocenters. The molecule has 0 saturated carbocycles. The van der Waals surface area contributed by atoms with Gasteiger partial charge < -0.3 is 5.84 Å². The molecule has 4 nitrogen and oxygen atoms in total. The molecule has 0 fully saturated rings. The quantitative estimate of drug-likeness (QED) is 0.404. The first-order chi connectivity index (χ1) is 5.83. The van der Waals surface area contributed by atoms with Crippen LogP contribution in [0.2, 0.25) is 0 Å². The number of thiazole rings is 1. The van der Waals surface area contributed by atoms with Crippen molar-refractivity contribution >= 4 is 22.5 Å². The summed E-state index contributed by atoms with van der Waals surface area (Å²) in [5.41, 5.74) is 1.91. The van der Waals surface area contributed by atoms with Crippen LogP contribution in [0.5, 0.6) is 0 Å². The van der Waals surface area contributed by atoms with Crippen LogP contribution in [0.1, 0.15) is 11.4 Å². The highest BCUT2D eigenvalue weighted by Gasteiger charge is 2.05. The van der Waals surface area contributed by atoms with Gasteiger partial charge in [-0.1, -0.05) is 0 Å². The molecule has 0 aromatic carbocycles. The molecule has 2 N–H and O–H groups in total.